The molecule has 27 heavy (non-hydrogen) atoms. The highest BCUT2D eigenvalue weighted by molar-refractivity contribution is 7.89. The number of hydrogen-bond donors (Lipinski definition) is 2. The van der Waals surface area contributed by atoms with Crippen molar-refractivity contribution in [2.75, 3.05) is 6.54 Å². The summed E-state index contributed by atoms with van der Waals surface area (Å²) in [6.07, 6.45) is 0.647. The molecule has 3 rings (SSSR count). The number of sulfonamides is 1. The van der Waals surface area contributed by atoms with E-state index >= 15 is 0 Å². The van der Waals surface area contributed by atoms with Crippen LogP contribution in [0.4, 0.5) is 0 Å². The van der Waals surface area contributed by atoms with Crippen molar-refractivity contribution in [3.8, 4) is 0 Å². The van der Waals surface area contributed by atoms with Crippen LogP contribution < -0.4 is 4.72 Å². The molecule has 0 saturated heterocycles. The van der Waals surface area contributed by atoms with E-state index in [4.69, 9.17) is 0 Å². The van der Waals surface area contributed by atoms with Gasteiger partial charge in [0.15, 0.2) is 0 Å². The van der Waals surface area contributed by atoms with Crippen molar-refractivity contribution in [2.24, 2.45) is 0 Å². The van der Waals surface area contributed by atoms with Crippen molar-refractivity contribution in [2.45, 2.75) is 51.3 Å². The average molecular weight is 385 g/mol. The maximum absolute atomic E-state index is 12.6. The smallest absolute Gasteiger partial charge is 0.240 e. The third-order valence-electron chi connectivity index (χ3n) is 4.97. The van der Waals surface area contributed by atoms with E-state index in [9.17, 15) is 8.42 Å². The lowest BCUT2D eigenvalue weighted by Gasteiger charge is -2.19. The molecule has 3 aromatic rings. The van der Waals surface area contributed by atoms with Crippen LogP contribution in [0.25, 0.3) is 10.9 Å². The van der Waals surface area contributed by atoms with E-state index in [2.05, 4.69) is 55.6 Å². The highest BCUT2D eigenvalue weighted by Gasteiger charge is 2.18. The van der Waals surface area contributed by atoms with E-state index in [1.165, 1.54) is 16.5 Å². The minimum atomic E-state index is -3.51. The molecule has 0 fully saturated rings. The number of aromatic nitrogens is 1. The Kier molecular flexibility index (Phi) is 5.19. The first kappa shape index (κ1) is 19.6. The number of rotatable bonds is 5. The van der Waals surface area contributed by atoms with Crippen molar-refractivity contribution in [3.63, 3.8) is 0 Å². The van der Waals surface area contributed by atoms with Crippen molar-refractivity contribution in [3.05, 3.63) is 64.8 Å². The quantitative estimate of drug-likeness (QED) is 0.675. The molecule has 0 unspecified atom stereocenters. The molecule has 0 aliphatic carbocycles. The van der Waals surface area contributed by atoms with Gasteiger partial charge in [-0.05, 0) is 61.1 Å². The van der Waals surface area contributed by atoms with Gasteiger partial charge in [-0.15, -0.1) is 0 Å². The van der Waals surface area contributed by atoms with Gasteiger partial charge in [0.2, 0.25) is 10.0 Å². The maximum atomic E-state index is 12.6. The third kappa shape index (κ3) is 4.25. The number of nitrogens with one attached hydrogen (secondary N) is 2. The SMILES string of the molecule is Cc1ccc2[nH]c(C)c(CCNS(=O)(=O)c3ccc(C(C)(C)C)cc3)c2c1. The Morgan fingerprint density at radius 3 is 2.30 bits per heavy atom. The number of H-pyrrole nitrogens is 1. The molecule has 4 nitrogen and oxygen atoms in total. The molecule has 1 aromatic heterocycles. The van der Waals surface area contributed by atoms with E-state index in [0.717, 1.165) is 16.8 Å². The summed E-state index contributed by atoms with van der Waals surface area (Å²) in [6.45, 7) is 10.8. The number of aryl methyl sites for hydroxylation is 2. The Labute approximate surface area is 162 Å². The molecule has 2 N–H and O–H groups in total. The minimum absolute atomic E-state index is 0.000712. The van der Waals surface area contributed by atoms with Gasteiger partial charge in [-0.2, -0.15) is 0 Å². The van der Waals surface area contributed by atoms with Crippen molar-refractivity contribution in [1.82, 2.24) is 9.71 Å². The van der Waals surface area contributed by atoms with Crippen molar-refractivity contribution >= 4 is 20.9 Å². The zero-order chi connectivity index (χ0) is 19.8. The van der Waals surface area contributed by atoms with Gasteiger partial charge in [0.25, 0.3) is 0 Å². The zero-order valence-corrected chi connectivity index (χ0v) is 17.5. The molecular formula is C22H28N2O2S. The van der Waals surface area contributed by atoms with Crippen LogP contribution in [0.5, 0.6) is 0 Å². The summed E-state index contributed by atoms with van der Waals surface area (Å²) in [5.74, 6) is 0. The van der Waals surface area contributed by atoms with Crippen LogP contribution in [0.2, 0.25) is 0 Å². The Balaban J connectivity index is 1.73. The lowest BCUT2D eigenvalue weighted by Crippen LogP contribution is -2.26. The summed E-state index contributed by atoms with van der Waals surface area (Å²) in [5, 5.41) is 1.17. The largest absolute Gasteiger partial charge is 0.358 e. The highest BCUT2D eigenvalue weighted by Crippen LogP contribution is 2.25. The molecule has 0 spiro atoms. The first-order valence-corrected chi connectivity index (χ1v) is 10.7. The summed E-state index contributed by atoms with van der Waals surface area (Å²) in [7, 11) is -3.51. The van der Waals surface area contributed by atoms with Crippen LogP contribution in [-0.4, -0.2) is 19.9 Å². The second-order valence-electron chi connectivity index (χ2n) is 8.20. The van der Waals surface area contributed by atoms with E-state index in [0.29, 0.717) is 17.9 Å². The standard InChI is InChI=1S/C22H28N2O2S/c1-15-6-11-21-20(14-15)19(16(2)24-21)12-13-23-27(25,26)18-9-7-17(8-10-18)22(3,4)5/h6-11,14,23-24H,12-13H2,1-5H3. The molecule has 0 aliphatic heterocycles. The molecule has 144 valence electrons. The molecule has 0 atom stereocenters. The molecule has 5 heteroatoms. The molecule has 0 aliphatic rings. The summed E-state index contributed by atoms with van der Waals surface area (Å²) < 4.78 is 27.9. The fourth-order valence-electron chi connectivity index (χ4n) is 3.35. The first-order chi connectivity index (χ1) is 12.6. The lowest BCUT2D eigenvalue weighted by molar-refractivity contribution is 0.578. The van der Waals surface area contributed by atoms with Crippen molar-refractivity contribution in [1.29, 1.82) is 0 Å². The summed E-state index contributed by atoms with van der Waals surface area (Å²) in [6, 6.07) is 13.4. The molecule has 2 aromatic carbocycles. The van der Waals surface area contributed by atoms with E-state index in [1.54, 1.807) is 12.1 Å². The fourth-order valence-corrected chi connectivity index (χ4v) is 4.38. The van der Waals surface area contributed by atoms with Crippen LogP contribution in [0.15, 0.2) is 47.4 Å². The van der Waals surface area contributed by atoms with Crippen LogP contribution in [-0.2, 0) is 21.9 Å². The van der Waals surface area contributed by atoms with Gasteiger partial charge in [-0.3, -0.25) is 0 Å². The Hall–Kier alpha value is -2.11. The van der Waals surface area contributed by atoms with Crippen LogP contribution in [0.1, 0.15) is 43.2 Å². The first-order valence-electron chi connectivity index (χ1n) is 9.26. The second kappa shape index (κ2) is 7.13. The predicted octanol–water partition coefficient (Wildman–Crippen LogP) is 4.60. The molecule has 1 heterocycles. The molecule has 0 radical (unpaired) electrons. The minimum Gasteiger partial charge on any atom is -0.358 e. The number of hydrogen-bond acceptors (Lipinski definition) is 2. The lowest BCUT2D eigenvalue weighted by atomic mass is 9.87. The molecular weight excluding hydrogens is 356 g/mol. The van der Waals surface area contributed by atoms with Crippen LogP contribution in [0.3, 0.4) is 0 Å². The highest BCUT2D eigenvalue weighted by atomic mass is 32.2. The maximum Gasteiger partial charge on any atom is 0.240 e. The van der Waals surface area contributed by atoms with Gasteiger partial charge in [0, 0.05) is 23.1 Å². The van der Waals surface area contributed by atoms with Gasteiger partial charge >= 0.3 is 0 Å². The van der Waals surface area contributed by atoms with E-state index < -0.39 is 10.0 Å². The summed E-state index contributed by atoms with van der Waals surface area (Å²) in [5.41, 5.74) is 5.66. The summed E-state index contributed by atoms with van der Waals surface area (Å²) in [4.78, 5) is 3.68. The fraction of sp³-hybridized carbons (Fsp3) is 0.364. The van der Waals surface area contributed by atoms with Crippen LogP contribution in [0, 0.1) is 13.8 Å². The normalized spacial score (nSPS) is 12.6. The van der Waals surface area contributed by atoms with Gasteiger partial charge in [0.05, 0.1) is 4.90 Å². The molecule has 0 amide bonds. The number of fused-ring (bicyclic) bond motifs is 1. The van der Waals surface area contributed by atoms with Crippen LogP contribution >= 0.6 is 0 Å². The average Bonchev–Trinajstić information content (AvgIpc) is 2.89. The van der Waals surface area contributed by atoms with E-state index in [1.807, 2.05) is 19.1 Å². The monoisotopic (exact) mass is 384 g/mol. The van der Waals surface area contributed by atoms with Gasteiger partial charge in [-0.1, -0.05) is 44.5 Å². The third-order valence-corrected chi connectivity index (χ3v) is 6.45. The molecule has 0 bridgehead atoms. The predicted molar refractivity (Wildman–Crippen MR) is 112 cm³/mol. The van der Waals surface area contributed by atoms with E-state index in [-0.39, 0.29) is 5.41 Å². The Morgan fingerprint density at radius 2 is 1.67 bits per heavy atom. The molecule has 0 saturated carbocycles. The second-order valence-corrected chi connectivity index (χ2v) is 9.97. The van der Waals surface area contributed by atoms with Gasteiger partial charge < -0.3 is 4.98 Å². The number of benzene rings is 2. The topological polar surface area (TPSA) is 62.0 Å². The number of aromatic amines is 1. The van der Waals surface area contributed by atoms with Crippen molar-refractivity contribution < 1.29 is 8.42 Å². The van der Waals surface area contributed by atoms with Gasteiger partial charge in [-0.25, -0.2) is 13.1 Å². The van der Waals surface area contributed by atoms with Gasteiger partial charge in [0.1, 0.15) is 0 Å². The summed E-state index contributed by atoms with van der Waals surface area (Å²) >= 11 is 0. The zero-order valence-electron chi connectivity index (χ0n) is 16.7. The Morgan fingerprint density at radius 1 is 1.00 bits per heavy atom. The Bertz CT molecular complexity index is 1060.